The fourth-order valence-corrected chi connectivity index (χ4v) is 3.12. The van der Waals surface area contributed by atoms with Crippen molar-refractivity contribution in [2.24, 2.45) is 4.99 Å². The van der Waals surface area contributed by atoms with Crippen molar-refractivity contribution in [1.29, 1.82) is 0 Å². The van der Waals surface area contributed by atoms with Gasteiger partial charge in [-0.25, -0.2) is 0 Å². The number of aliphatic imine (C=N–C) groups is 1. The topological polar surface area (TPSA) is 75.6 Å². The third-order valence-corrected chi connectivity index (χ3v) is 4.63. The number of ether oxygens (including phenoxy) is 1. The van der Waals surface area contributed by atoms with Gasteiger partial charge in [0.25, 0.3) is 0 Å². The molecule has 0 bridgehead atoms. The number of anilines is 1. The highest BCUT2D eigenvalue weighted by Crippen LogP contribution is 2.30. The Balaban J connectivity index is 1.41. The highest BCUT2D eigenvalue weighted by atomic mass is 19.4. The molecule has 2 heterocycles. The van der Waals surface area contributed by atoms with Crippen LogP contribution < -0.4 is 15.4 Å². The number of amides is 1. The first kappa shape index (κ1) is 22.1. The summed E-state index contributed by atoms with van der Waals surface area (Å²) in [6.07, 6.45) is -0.0541. The molecule has 168 valence electrons. The van der Waals surface area contributed by atoms with Gasteiger partial charge >= 0.3 is 6.18 Å². The van der Waals surface area contributed by atoms with Crippen molar-refractivity contribution in [3.63, 3.8) is 0 Å². The number of carbonyl (C=O) groups is 1. The minimum Gasteiger partial charge on any atom is -0.457 e. The van der Waals surface area contributed by atoms with Crippen molar-refractivity contribution >= 4 is 23.5 Å². The number of nitrogens with zero attached hydrogens (tertiary/aromatic N) is 2. The number of rotatable bonds is 6. The first-order chi connectivity index (χ1) is 15.9. The molecule has 2 N–H and O–H groups in total. The molecule has 1 aliphatic heterocycles. The quantitative estimate of drug-likeness (QED) is 0.522. The second-order valence-corrected chi connectivity index (χ2v) is 7.11. The monoisotopic (exact) mass is 452 g/mol. The number of aromatic nitrogens is 1. The molecule has 0 saturated carbocycles. The van der Waals surface area contributed by atoms with Gasteiger partial charge in [0.1, 0.15) is 23.0 Å². The van der Waals surface area contributed by atoms with E-state index >= 15 is 0 Å². The summed E-state index contributed by atoms with van der Waals surface area (Å²) in [5.41, 5.74) is 0.603. The highest BCUT2D eigenvalue weighted by molar-refractivity contribution is 6.02. The maximum Gasteiger partial charge on any atom is 0.416 e. The van der Waals surface area contributed by atoms with E-state index in [-0.39, 0.29) is 5.69 Å². The summed E-state index contributed by atoms with van der Waals surface area (Å²) < 4.78 is 44.4. The van der Waals surface area contributed by atoms with Crippen LogP contribution in [-0.2, 0) is 11.0 Å². The van der Waals surface area contributed by atoms with Crippen LogP contribution in [0.2, 0.25) is 0 Å². The predicted octanol–water partition coefficient (Wildman–Crippen LogP) is 4.89. The minimum absolute atomic E-state index is 0.0615. The lowest BCUT2D eigenvalue weighted by Gasteiger charge is -2.09. The van der Waals surface area contributed by atoms with E-state index in [9.17, 15) is 18.0 Å². The summed E-state index contributed by atoms with van der Waals surface area (Å²) in [6, 6.07) is 15.0. The molecule has 0 atom stereocenters. The largest absolute Gasteiger partial charge is 0.457 e. The van der Waals surface area contributed by atoms with E-state index in [0.29, 0.717) is 29.3 Å². The van der Waals surface area contributed by atoms with E-state index in [1.165, 1.54) is 18.2 Å². The molecule has 9 heteroatoms. The van der Waals surface area contributed by atoms with Gasteiger partial charge in [-0.3, -0.25) is 14.8 Å². The summed E-state index contributed by atoms with van der Waals surface area (Å²) in [4.78, 5) is 20.8. The van der Waals surface area contributed by atoms with Crippen LogP contribution in [0.4, 0.5) is 18.9 Å². The number of nitrogens with one attached hydrogen (secondary N) is 2. The van der Waals surface area contributed by atoms with E-state index in [0.717, 1.165) is 24.5 Å². The molecule has 1 amide bonds. The maximum absolute atomic E-state index is 12.8. The second-order valence-electron chi connectivity index (χ2n) is 7.11. The Kier molecular flexibility index (Phi) is 6.39. The van der Waals surface area contributed by atoms with Gasteiger partial charge in [-0.05, 0) is 48.0 Å². The number of pyridine rings is 1. The van der Waals surface area contributed by atoms with Crippen molar-refractivity contribution in [2.45, 2.75) is 6.18 Å². The fraction of sp³-hybridized carbons (Fsp3) is 0.125. The third-order valence-electron chi connectivity index (χ3n) is 4.63. The number of hydrogen-bond acceptors (Lipinski definition) is 5. The molecule has 4 rings (SSSR count). The van der Waals surface area contributed by atoms with Gasteiger partial charge in [0.2, 0.25) is 5.91 Å². The summed E-state index contributed by atoms with van der Waals surface area (Å²) in [5, 5.41) is 5.59. The Hall–Kier alpha value is -4.14. The van der Waals surface area contributed by atoms with Gasteiger partial charge in [-0.15, -0.1) is 0 Å². The minimum atomic E-state index is -4.48. The van der Waals surface area contributed by atoms with Crippen LogP contribution in [0.5, 0.6) is 11.5 Å². The molecule has 0 fully saturated rings. The predicted molar refractivity (Wildman–Crippen MR) is 119 cm³/mol. The summed E-state index contributed by atoms with van der Waals surface area (Å²) >= 11 is 0. The van der Waals surface area contributed by atoms with Crippen LogP contribution in [0.25, 0.3) is 6.08 Å². The molecule has 0 saturated heterocycles. The molecule has 1 aliphatic rings. The van der Waals surface area contributed by atoms with Crippen LogP contribution in [0, 0.1) is 0 Å². The normalized spacial score (nSPS) is 13.5. The Bertz CT molecular complexity index is 1220. The van der Waals surface area contributed by atoms with E-state index < -0.39 is 17.6 Å². The van der Waals surface area contributed by atoms with Crippen LogP contribution >= 0.6 is 0 Å². The van der Waals surface area contributed by atoms with E-state index in [4.69, 9.17) is 4.74 Å². The number of carbonyl (C=O) groups excluding carboxylic acids is 1. The van der Waals surface area contributed by atoms with Gasteiger partial charge < -0.3 is 15.4 Å². The lowest BCUT2D eigenvalue weighted by atomic mass is 10.2. The molecule has 0 unspecified atom stereocenters. The number of halogens is 3. The molecular weight excluding hydrogens is 433 g/mol. The van der Waals surface area contributed by atoms with E-state index in [1.54, 1.807) is 48.7 Å². The molecule has 3 aromatic rings. The summed E-state index contributed by atoms with van der Waals surface area (Å²) in [6.45, 7) is 1.48. The molecule has 0 radical (unpaired) electrons. The van der Waals surface area contributed by atoms with E-state index in [2.05, 4.69) is 20.6 Å². The molecule has 33 heavy (non-hydrogen) atoms. The number of alkyl halides is 3. The standard InChI is InChI=1S/C24H19F3N4O2/c25-24(26,27)17-4-2-5-18(14-17)31-22(32)8-7-16-3-1-6-19(13-16)33-20-9-10-28-21(15-20)23-29-11-12-30-23/h1-10,13-15H,11-12H2,(H,29,30)(H,31,32)/b8-7+. The second kappa shape index (κ2) is 9.56. The molecular formula is C24H19F3N4O2. The molecule has 0 aliphatic carbocycles. The SMILES string of the molecule is O=C(/C=C/c1cccc(Oc2ccnc(C3=NCCN3)c2)c1)Nc1cccc(C(F)(F)F)c1. The van der Waals surface area contributed by atoms with Crippen molar-refractivity contribution in [3.05, 3.63) is 89.8 Å². The Labute approximate surface area is 187 Å². The number of benzene rings is 2. The highest BCUT2D eigenvalue weighted by Gasteiger charge is 2.30. The first-order valence-corrected chi connectivity index (χ1v) is 10.1. The van der Waals surface area contributed by atoms with Crippen molar-refractivity contribution < 1.29 is 22.7 Å². The average molecular weight is 452 g/mol. The van der Waals surface area contributed by atoms with Gasteiger partial charge in [0.05, 0.1) is 12.1 Å². The third kappa shape index (κ3) is 5.97. The number of hydrogen-bond donors (Lipinski definition) is 2. The van der Waals surface area contributed by atoms with Crippen molar-refractivity contribution in [3.8, 4) is 11.5 Å². The lowest BCUT2D eigenvalue weighted by Crippen LogP contribution is -2.20. The molecule has 1 aromatic heterocycles. The lowest BCUT2D eigenvalue weighted by molar-refractivity contribution is -0.137. The Morgan fingerprint density at radius 3 is 2.67 bits per heavy atom. The van der Waals surface area contributed by atoms with Gasteiger partial charge in [0.15, 0.2) is 0 Å². The van der Waals surface area contributed by atoms with E-state index in [1.807, 2.05) is 0 Å². The molecule has 0 spiro atoms. The van der Waals surface area contributed by atoms with Crippen LogP contribution in [-0.4, -0.2) is 29.8 Å². The fourth-order valence-electron chi connectivity index (χ4n) is 3.12. The van der Waals surface area contributed by atoms with Crippen LogP contribution in [0.1, 0.15) is 16.8 Å². The zero-order valence-corrected chi connectivity index (χ0v) is 17.3. The van der Waals surface area contributed by atoms with Crippen LogP contribution in [0.15, 0.2) is 77.9 Å². The van der Waals surface area contributed by atoms with Gasteiger partial charge in [-0.1, -0.05) is 18.2 Å². The summed E-state index contributed by atoms with van der Waals surface area (Å²) in [5.74, 6) is 1.31. The van der Waals surface area contributed by atoms with Gasteiger partial charge in [-0.2, -0.15) is 13.2 Å². The first-order valence-electron chi connectivity index (χ1n) is 10.1. The summed E-state index contributed by atoms with van der Waals surface area (Å²) in [7, 11) is 0. The van der Waals surface area contributed by atoms with Crippen LogP contribution in [0.3, 0.4) is 0 Å². The zero-order chi connectivity index (χ0) is 23.3. The molecule has 2 aromatic carbocycles. The Morgan fingerprint density at radius 2 is 1.88 bits per heavy atom. The van der Waals surface area contributed by atoms with Crippen molar-refractivity contribution in [1.82, 2.24) is 10.3 Å². The van der Waals surface area contributed by atoms with Crippen molar-refractivity contribution in [2.75, 3.05) is 18.4 Å². The maximum atomic E-state index is 12.8. The smallest absolute Gasteiger partial charge is 0.416 e. The Morgan fingerprint density at radius 1 is 1.06 bits per heavy atom. The molecule has 6 nitrogen and oxygen atoms in total. The average Bonchev–Trinajstić information content (AvgIpc) is 3.33. The zero-order valence-electron chi connectivity index (χ0n) is 17.3. The van der Waals surface area contributed by atoms with Gasteiger partial charge in [0, 0.05) is 30.6 Å². The number of amidine groups is 1.